The molecule has 0 aliphatic carbocycles. The van der Waals surface area contributed by atoms with Gasteiger partial charge in [0, 0.05) is 43.1 Å². The Morgan fingerprint density at radius 2 is 2.07 bits per heavy atom. The first kappa shape index (κ1) is 22.9. The van der Waals surface area contributed by atoms with Crippen LogP contribution in [0.15, 0.2) is 23.2 Å². The molecule has 0 radical (unpaired) electrons. The first-order chi connectivity index (χ1) is 13.9. The molecule has 2 aromatic rings. The number of aryl methyl sites for hydroxylation is 2. The molecule has 0 saturated heterocycles. The highest BCUT2D eigenvalue weighted by atomic mass is 32.1. The Kier molecular flexibility index (Phi) is 9.11. The Balaban J connectivity index is 1.92. The number of halogens is 2. The Bertz CT molecular complexity index is 792. The Labute approximate surface area is 174 Å². The average Bonchev–Trinajstić information content (AvgIpc) is 3.00. The van der Waals surface area contributed by atoms with E-state index in [9.17, 15) is 8.78 Å². The topological polar surface area (TPSA) is 67.8 Å². The van der Waals surface area contributed by atoms with E-state index in [-0.39, 0.29) is 12.3 Å². The number of benzene rings is 1. The summed E-state index contributed by atoms with van der Waals surface area (Å²) in [7, 11) is 1.66. The quantitative estimate of drug-likeness (QED) is 0.443. The van der Waals surface area contributed by atoms with Crippen LogP contribution in [0.4, 0.5) is 8.78 Å². The predicted molar refractivity (Wildman–Crippen MR) is 112 cm³/mol. The Morgan fingerprint density at radius 3 is 2.69 bits per heavy atom. The highest BCUT2D eigenvalue weighted by Gasteiger charge is 2.12. The standard InChI is InChI=1S/C20H28F2N4O2S/c1-5-10-27-16-7-6-15(17(11-16)28-19(21)22)12-25-20(23-4)24-9-8-18-26-13(2)14(3)29-18/h6-7,11,19H,5,8-10,12H2,1-4H3,(H2,23,24,25). The van der Waals surface area contributed by atoms with Gasteiger partial charge >= 0.3 is 6.61 Å². The van der Waals surface area contributed by atoms with Gasteiger partial charge in [-0.1, -0.05) is 6.92 Å². The number of ether oxygens (including phenoxy) is 2. The lowest BCUT2D eigenvalue weighted by atomic mass is 10.2. The van der Waals surface area contributed by atoms with Crippen molar-refractivity contribution in [1.29, 1.82) is 0 Å². The molecule has 0 unspecified atom stereocenters. The number of hydrogen-bond donors (Lipinski definition) is 2. The van der Waals surface area contributed by atoms with Crippen LogP contribution >= 0.6 is 11.3 Å². The molecule has 0 fully saturated rings. The van der Waals surface area contributed by atoms with Crippen LogP contribution in [0, 0.1) is 13.8 Å². The number of nitrogens with one attached hydrogen (secondary N) is 2. The van der Waals surface area contributed by atoms with Gasteiger partial charge < -0.3 is 20.1 Å². The maximum Gasteiger partial charge on any atom is 0.387 e. The summed E-state index contributed by atoms with van der Waals surface area (Å²) in [6, 6.07) is 4.95. The summed E-state index contributed by atoms with van der Waals surface area (Å²) < 4.78 is 35.7. The van der Waals surface area contributed by atoms with Gasteiger partial charge in [-0.3, -0.25) is 4.99 Å². The van der Waals surface area contributed by atoms with E-state index >= 15 is 0 Å². The summed E-state index contributed by atoms with van der Waals surface area (Å²) in [6.07, 6.45) is 1.61. The minimum atomic E-state index is -2.90. The summed E-state index contributed by atoms with van der Waals surface area (Å²) >= 11 is 1.69. The number of aromatic nitrogens is 1. The number of nitrogens with zero attached hydrogens (tertiary/aromatic N) is 2. The van der Waals surface area contributed by atoms with E-state index in [0.29, 0.717) is 30.4 Å². The van der Waals surface area contributed by atoms with E-state index < -0.39 is 6.61 Å². The lowest BCUT2D eigenvalue weighted by Crippen LogP contribution is -2.38. The summed E-state index contributed by atoms with van der Waals surface area (Å²) in [6.45, 7) is 4.59. The summed E-state index contributed by atoms with van der Waals surface area (Å²) in [5.41, 5.74) is 1.65. The van der Waals surface area contributed by atoms with Gasteiger partial charge in [0.05, 0.1) is 17.3 Å². The molecular weight excluding hydrogens is 398 g/mol. The zero-order valence-corrected chi connectivity index (χ0v) is 18.0. The van der Waals surface area contributed by atoms with Crippen LogP contribution in [0.1, 0.15) is 34.5 Å². The second-order valence-corrected chi connectivity index (χ2v) is 7.64. The zero-order chi connectivity index (χ0) is 21.2. The highest BCUT2D eigenvalue weighted by molar-refractivity contribution is 7.11. The molecule has 1 aromatic heterocycles. The van der Waals surface area contributed by atoms with Crippen molar-refractivity contribution in [2.75, 3.05) is 20.2 Å². The van der Waals surface area contributed by atoms with Crippen molar-refractivity contribution in [3.05, 3.63) is 39.3 Å². The maximum absolute atomic E-state index is 12.8. The normalized spacial score (nSPS) is 11.6. The molecule has 0 atom stereocenters. The molecular formula is C20H28F2N4O2S. The molecule has 9 heteroatoms. The second-order valence-electron chi connectivity index (χ2n) is 6.35. The van der Waals surface area contributed by atoms with Crippen molar-refractivity contribution in [2.45, 2.75) is 46.8 Å². The fourth-order valence-corrected chi connectivity index (χ4v) is 3.46. The SMILES string of the molecule is CCCOc1ccc(CNC(=NC)NCCc2nc(C)c(C)s2)c(OC(F)F)c1. The van der Waals surface area contributed by atoms with Gasteiger partial charge in [0.25, 0.3) is 0 Å². The summed E-state index contributed by atoms with van der Waals surface area (Å²) in [5.74, 6) is 1.16. The van der Waals surface area contributed by atoms with Crippen LogP contribution in [-0.2, 0) is 13.0 Å². The van der Waals surface area contributed by atoms with Crippen LogP contribution in [0.2, 0.25) is 0 Å². The van der Waals surface area contributed by atoms with Crippen LogP contribution in [-0.4, -0.2) is 37.8 Å². The molecule has 0 saturated carbocycles. The van der Waals surface area contributed by atoms with E-state index in [1.54, 1.807) is 30.5 Å². The predicted octanol–water partition coefficient (Wildman–Crippen LogP) is 4.06. The van der Waals surface area contributed by atoms with E-state index in [4.69, 9.17) is 4.74 Å². The lowest BCUT2D eigenvalue weighted by molar-refractivity contribution is -0.0505. The lowest BCUT2D eigenvalue weighted by Gasteiger charge is -2.15. The monoisotopic (exact) mass is 426 g/mol. The molecule has 160 valence electrons. The molecule has 0 aliphatic heterocycles. The molecule has 2 rings (SSSR count). The molecule has 2 N–H and O–H groups in total. The van der Waals surface area contributed by atoms with Crippen LogP contribution in [0.25, 0.3) is 0 Å². The van der Waals surface area contributed by atoms with Crippen molar-refractivity contribution in [1.82, 2.24) is 15.6 Å². The van der Waals surface area contributed by atoms with E-state index in [1.807, 2.05) is 13.8 Å². The molecule has 1 aromatic carbocycles. The van der Waals surface area contributed by atoms with Gasteiger partial charge in [-0.05, 0) is 32.4 Å². The van der Waals surface area contributed by atoms with Gasteiger partial charge in [0.2, 0.25) is 0 Å². The highest BCUT2D eigenvalue weighted by Crippen LogP contribution is 2.26. The third-order valence-electron chi connectivity index (χ3n) is 4.10. The van der Waals surface area contributed by atoms with Crippen molar-refractivity contribution in [3.63, 3.8) is 0 Å². The largest absolute Gasteiger partial charge is 0.493 e. The number of guanidine groups is 1. The zero-order valence-electron chi connectivity index (χ0n) is 17.2. The van der Waals surface area contributed by atoms with Gasteiger partial charge in [0.15, 0.2) is 5.96 Å². The molecule has 6 nitrogen and oxygen atoms in total. The van der Waals surface area contributed by atoms with Crippen LogP contribution < -0.4 is 20.1 Å². The third kappa shape index (κ3) is 7.49. The van der Waals surface area contributed by atoms with E-state index in [2.05, 4.69) is 32.3 Å². The summed E-state index contributed by atoms with van der Waals surface area (Å²) in [4.78, 5) is 9.91. The number of thiazole rings is 1. The molecule has 0 bridgehead atoms. The van der Waals surface area contributed by atoms with Gasteiger partial charge in [-0.2, -0.15) is 8.78 Å². The number of rotatable bonds is 10. The Morgan fingerprint density at radius 1 is 1.28 bits per heavy atom. The minimum absolute atomic E-state index is 0.0882. The molecule has 0 amide bonds. The maximum atomic E-state index is 12.8. The molecule has 0 aliphatic rings. The van der Waals surface area contributed by atoms with Gasteiger partial charge in [-0.15, -0.1) is 11.3 Å². The van der Waals surface area contributed by atoms with Crippen LogP contribution in [0.3, 0.4) is 0 Å². The first-order valence-electron chi connectivity index (χ1n) is 9.50. The first-order valence-corrected chi connectivity index (χ1v) is 10.3. The fourth-order valence-electron chi connectivity index (χ4n) is 2.53. The van der Waals surface area contributed by atoms with Crippen molar-refractivity contribution < 1.29 is 18.3 Å². The van der Waals surface area contributed by atoms with Crippen molar-refractivity contribution in [2.24, 2.45) is 4.99 Å². The van der Waals surface area contributed by atoms with Crippen molar-refractivity contribution in [3.8, 4) is 11.5 Å². The number of hydrogen-bond acceptors (Lipinski definition) is 5. The Hall–Kier alpha value is -2.42. The third-order valence-corrected chi connectivity index (χ3v) is 5.23. The van der Waals surface area contributed by atoms with Gasteiger partial charge in [0.1, 0.15) is 11.5 Å². The smallest absolute Gasteiger partial charge is 0.387 e. The van der Waals surface area contributed by atoms with Crippen molar-refractivity contribution >= 4 is 17.3 Å². The fraction of sp³-hybridized carbons (Fsp3) is 0.500. The molecule has 29 heavy (non-hydrogen) atoms. The van der Waals surface area contributed by atoms with E-state index in [1.165, 1.54) is 10.9 Å². The number of aliphatic imine (C=N–C) groups is 1. The minimum Gasteiger partial charge on any atom is -0.493 e. The van der Waals surface area contributed by atoms with Gasteiger partial charge in [-0.25, -0.2) is 4.98 Å². The summed E-state index contributed by atoms with van der Waals surface area (Å²) in [5, 5.41) is 7.40. The molecule has 0 spiro atoms. The molecule has 1 heterocycles. The average molecular weight is 427 g/mol. The second kappa shape index (κ2) is 11.5. The number of alkyl halides is 2. The van der Waals surface area contributed by atoms with E-state index in [0.717, 1.165) is 23.5 Å². The van der Waals surface area contributed by atoms with Crippen LogP contribution in [0.5, 0.6) is 11.5 Å².